The van der Waals surface area contributed by atoms with E-state index in [2.05, 4.69) is 27.0 Å². The number of aromatic nitrogens is 1. The Kier molecular flexibility index (Phi) is 5.61. The van der Waals surface area contributed by atoms with Crippen molar-refractivity contribution in [2.75, 3.05) is 0 Å². The molecule has 0 spiro atoms. The number of aryl methyl sites for hydroxylation is 2. The fourth-order valence-corrected chi connectivity index (χ4v) is 5.05. The van der Waals surface area contributed by atoms with Crippen LogP contribution in [0.5, 0.6) is 0 Å². The summed E-state index contributed by atoms with van der Waals surface area (Å²) in [5.74, 6) is -1.31. The van der Waals surface area contributed by atoms with Crippen molar-refractivity contribution in [3.8, 4) is 0 Å². The number of pyridine rings is 1. The van der Waals surface area contributed by atoms with Crippen molar-refractivity contribution in [3.05, 3.63) is 62.9 Å². The maximum Gasteiger partial charge on any atom is 0.159 e. The van der Waals surface area contributed by atoms with E-state index in [1.165, 1.54) is 17.7 Å². The van der Waals surface area contributed by atoms with Crippen molar-refractivity contribution in [1.82, 2.24) is 4.98 Å². The number of rotatable bonds is 5. The average molecular weight is 449 g/mol. The highest BCUT2D eigenvalue weighted by Crippen LogP contribution is 2.37. The molecule has 0 saturated carbocycles. The molecule has 1 aromatic heterocycles. The Labute approximate surface area is 171 Å². The fourth-order valence-electron chi connectivity index (χ4n) is 4.70. The highest BCUT2D eigenvalue weighted by molar-refractivity contribution is 9.10. The van der Waals surface area contributed by atoms with Crippen LogP contribution in [-0.4, -0.2) is 16.8 Å². The van der Waals surface area contributed by atoms with Crippen LogP contribution < -0.4 is 5.73 Å². The number of carbonyl (C=O) groups excluding carboxylic acids is 1. The number of benzene rings is 1. The van der Waals surface area contributed by atoms with Gasteiger partial charge in [-0.15, -0.1) is 0 Å². The van der Waals surface area contributed by atoms with Crippen LogP contribution in [0.4, 0.5) is 8.78 Å². The van der Waals surface area contributed by atoms with Crippen LogP contribution >= 0.6 is 15.9 Å². The quantitative estimate of drug-likeness (QED) is 0.678. The first-order chi connectivity index (χ1) is 13.4. The van der Waals surface area contributed by atoms with Gasteiger partial charge < -0.3 is 5.73 Å². The molecule has 0 fully saturated rings. The van der Waals surface area contributed by atoms with Gasteiger partial charge in [0.2, 0.25) is 0 Å². The Hall–Kier alpha value is -1.66. The highest BCUT2D eigenvalue weighted by Gasteiger charge is 2.31. The summed E-state index contributed by atoms with van der Waals surface area (Å²) in [6.07, 6.45) is 4.93. The van der Waals surface area contributed by atoms with Crippen LogP contribution in [0.25, 0.3) is 0 Å². The largest absolute Gasteiger partial charge is 0.327 e. The molecule has 3 unspecified atom stereocenters. The predicted molar refractivity (Wildman–Crippen MR) is 107 cm³/mol. The van der Waals surface area contributed by atoms with E-state index in [1.807, 2.05) is 6.07 Å². The first kappa shape index (κ1) is 19.6. The molecule has 0 amide bonds. The van der Waals surface area contributed by atoms with Crippen LogP contribution in [0.1, 0.15) is 54.0 Å². The van der Waals surface area contributed by atoms with Crippen molar-refractivity contribution in [1.29, 1.82) is 0 Å². The van der Waals surface area contributed by atoms with E-state index in [0.29, 0.717) is 12.8 Å². The number of ketones is 1. The van der Waals surface area contributed by atoms with E-state index in [0.717, 1.165) is 47.1 Å². The van der Waals surface area contributed by atoms with Crippen molar-refractivity contribution >= 4 is 21.7 Å². The molecule has 4 rings (SSSR count). The molecule has 2 aromatic rings. The molecule has 0 saturated heterocycles. The molecule has 0 aliphatic heterocycles. The summed E-state index contributed by atoms with van der Waals surface area (Å²) in [7, 11) is 0. The molecule has 3 atom stereocenters. The molecule has 0 radical (unpaired) electrons. The summed E-state index contributed by atoms with van der Waals surface area (Å²) in [4.78, 5) is 17.2. The van der Waals surface area contributed by atoms with Gasteiger partial charge in [0, 0.05) is 30.5 Å². The van der Waals surface area contributed by atoms with Crippen LogP contribution in [0.2, 0.25) is 0 Å². The van der Waals surface area contributed by atoms with Gasteiger partial charge in [-0.25, -0.2) is 13.8 Å². The molecule has 148 valence electrons. The van der Waals surface area contributed by atoms with E-state index in [-0.39, 0.29) is 30.1 Å². The highest BCUT2D eigenvalue weighted by atomic mass is 79.9. The van der Waals surface area contributed by atoms with Gasteiger partial charge in [0.25, 0.3) is 0 Å². The van der Waals surface area contributed by atoms with Crippen molar-refractivity contribution < 1.29 is 13.6 Å². The fraction of sp³-hybridized carbons (Fsp3) is 0.455. The van der Waals surface area contributed by atoms with Gasteiger partial charge in [0.1, 0.15) is 10.4 Å². The van der Waals surface area contributed by atoms with Crippen LogP contribution in [0.15, 0.2) is 28.9 Å². The minimum atomic E-state index is -0.844. The zero-order valence-electron chi connectivity index (χ0n) is 15.6. The monoisotopic (exact) mass is 448 g/mol. The van der Waals surface area contributed by atoms with E-state index < -0.39 is 11.6 Å². The SMILES string of the molecule is NC(CC(=O)CC1CCc2ccc(Br)nc2C1)C1CCc2cc(F)c(F)cc21. The second-order valence-electron chi connectivity index (χ2n) is 8.07. The number of nitrogens with two attached hydrogens (primary N) is 1. The van der Waals surface area contributed by atoms with Crippen LogP contribution in [-0.2, 0) is 24.1 Å². The minimum absolute atomic E-state index is 0.0845. The number of Topliss-reactive ketones (excluding diaryl/α,β-unsaturated/α-hetero) is 1. The van der Waals surface area contributed by atoms with Gasteiger partial charge in [-0.05, 0) is 88.8 Å². The number of fused-ring (bicyclic) bond motifs is 2. The zero-order valence-corrected chi connectivity index (χ0v) is 17.1. The summed E-state index contributed by atoms with van der Waals surface area (Å²) in [6.45, 7) is 0. The van der Waals surface area contributed by atoms with Crippen molar-refractivity contribution in [2.45, 2.75) is 56.9 Å². The first-order valence-electron chi connectivity index (χ1n) is 9.80. The topological polar surface area (TPSA) is 56.0 Å². The maximum absolute atomic E-state index is 13.6. The molecule has 1 heterocycles. The van der Waals surface area contributed by atoms with Gasteiger partial charge in [0.05, 0.1) is 0 Å². The van der Waals surface area contributed by atoms with Crippen molar-refractivity contribution in [2.24, 2.45) is 11.7 Å². The molecule has 28 heavy (non-hydrogen) atoms. The molecular weight excluding hydrogens is 426 g/mol. The molecule has 2 aliphatic carbocycles. The standard InChI is InChI=1S/C22H23BrF2N2O/c23-22-6-4-13-2-1-12(8-21(13)27-22)7-15(28)10-20(26)16-5-3-14-9-18(24)19(25)11-17(14)16/h4,6,9,11-12,16,20H,1-3,5,7-8,10,26H2. The summed E-state index contributed by atoms with van der Waals surface area (Å²) in [5.41, 5.74) is 10.2. The molecule has 3 nitrogen and oxygen atoms in total. The smallest absolute Gasteiger partial charge is 0.159 e. The maximum atomic E-state index is 13.6. The average Bonchev–Trinajstić information content (AvgIpc) is 3.04. The molecule has 2 aliphatic rings. The predicted octanol–water partition coefficient (Wildman–Crippen LogP) is 4.63. The van der Waals surface area contributed by atoms with Gasteiger partial charge in [-0.3, -0.25) is 4.79 Å². The molecule has 0 bridgehead atoms. The third-order valence-corrected chi connectivity index (χ3v) is 6.58. The summed E-state index contributed by atoms with van der Waals surface area (Å²) in [5, 5.41) is 0. The Balaban J connectivity index is 1.37. The Bertz CT molecular complexity index is 918. The second kappa shape index (κ2) is 7.99. The Morgan fingerprint density at radius 3 is 2.75 bits per heavy atom. The van der Waals surface area contributed by atoms with E-state index >= 15 is 0 Å². The molecule has 2 N–H and O–H groups in total. The summed E-state index contributed by atoms with van der Waals surface area (Å²) >= 11 is 3.41. The second-order valence-corrected chi connectivity index (χ2v) is 8.88. The van der Waals surface area contributed by atoms with Gasteiger partial charge in [0.15, 0.2) is 11.6 Å². The zero-order chi connectivity index (χ0) is 19.8. The molecule has 6 heteroatoms. The van der Waals surface area contributed by atoms with Gasteiger partial charge in [-0.1, -0.05) is 6.07 Å². The lowest BCUT2D eigenvalue weighted by Gasteiger charge is -2.25. The Morgan fingerprint density at radius 2 is 1.93 bits per heavy atom. The first-order valence-corrected chi connectivity index (χ1v) is 10.6. The van der Waals surface area contributed by atoms with E-state index in [4.69, 9.17) is 5.73 Å². The lowest BCUT2D eigenvalue weighted by atomic mass is 9.82. The number of carbonyl (C=O) groups is 1. The Morgan fingerprint density at radius 1 is 1.18 bits per heavy atom. The molecular formula is C22H23BrF2N2O. The van der Waals surface area contributed by atoms with Gasteiger partial charge in [-0.2, -0.15) is 0 Å². The normalized spacial score (nSPS) is 21.9. The van der Waals surface area contributed by atoms with Crippen LogP contribution in [0, 0.1) is 17.6 Å². The third-order valence-electron chi connectivity index (χ3n) is 6.14. The van der Waals surface area contributed by atoms with Crippen molar-refractivity contribution in [3.63, 3.8) is 0 Å². The minimum Gasteiger partial charge on any atom is -0.327 e. The third kappa shape index (κ3) is 4.03. The number of hydrogen-bond donors (Lipinski definition) is 1. The summed E-state index contributed by atoms with van der Waals surface area (Å²) < 4.78 is 27.9. The lowest BCUT2D eigenvalue weighted by molar-refractivity contribution is -0.120. The summed E-state index contributed by atoms with van der Waals surface area (Å²) in [6, 6.07) is 6.22. The number of nitrogens with zero attached hydrogens (tertiary/aromatic N) is 1. The lowest BCUT2D eigenvalue weighted by Crippen LogP contribution is -2.31. The van der Waals surface area contributed by atoms with Crippen LogP contribution in [0.3, 0.4) is 0 Å². The van der Waals surface area contributed by atoms with E-state index in [9.17, 15) is 13.6 Å². The van der Waals surface area contributed by atoms with Gasteiger partial charge >= 0.3 is 0 Å². The molecule has 1 aromatic carbocycles. The van der Waals surface area contributed by atoms with E-state index in [1.54, 1.807) is 0 Å². The number of hydrogen-bond acceptors (Lipinski definition) is 3. The number of halogens is 3.